The van der Waals surface area contributed by atoms with E-state index < -0.39 is 17.8 Å². The molecule has 0 saturated carbocycles. The number of carbonyl (C=O) groups is 2. The van der Waals surface area contributed by atoms with E-state index in [2.05, 4.69) is 10.3 Å². The van der Waals surface area contributed by atoms with E-state index in [-0.39, 0.29) is 23.9 Å². The average molecular weight is 547 g/mol. The molecule has 2 aromatic carbocycles. The SMILES string of the molecule is COc1ccc(F)cc1C(=O)NCc1ccc(-c2nc(C3CCN(C(=O)[C@@H](C)O)CC3)c3ccnc(N)n23)cc1. The molecule has 3 heterocycles. The number of ether oxygens (including phenoxy) is 1. The van der Waals surface area contributed by atoms with Crippen molar-refractivity contribution in [3.05, 3.63) is 77.4 Å². The maximum atomic E-state index is 13.7. The van der Waals surface area contributed by atoms with Crippen LogP contribution in [0.25, 0.3) is 16.9 Å². The minimum atomic E-state index is -1.01. The van der Waals surface area contributed by atoms with Crippen molar-refractivity contribution < 1.29 is 23.8 Å². The number of amides is 2. The number of aliphatic hydroxyl groups is 1. The zero-order chi connectivity index (χ0) is 28.4. The van der Waals surface area contributed by atoms with E-state index in [1.54, 1.807) is 11.1 Å². The number of anilines is 1. The molecule has 0 radical (unpaired) electrons. The number of methoxy groups -OCH3 is 1. The van der Waals surface area contributed by atoms with Gasteiger partial charge in [0.15, 0.2) is 0 Å². The lowest BCUT2D eigenvalue weighted by Crippen LogP contribution is -2.42. The number of nitrogens with two attached hydrogens (primary N) is 1. The molecule has 4 aromatic rings. The first-order valence-electron chi connectivity index (χ1n) is 13.1. The van der Waals surface area contributed by atoms with Crippen molar-refractivity contribution in [1.29, 1.82) is 0 Å². The largest absolute Gasteiger partial charge is 0.496 e. The van der Waals surface area contributed by atoms with Crippen molar-refractivity contribution in [2.75, 3.05) is 25.9 Å². The normalized spacial score (nSPS) is 14.8. The predicted octanol–water partition coefficient (Wildman–Crippen LogP) is 3.14. The van der Waals surface area contributed by atoms with E-state index in [9.17, 15) is 19.1 Å². The minimum Gasteiger partial charge on any atom is -0.496 e. The lowest BCUT2D eigenvalue weighted by Gasteiger charge is -2.32. The summed E-state index contributed by atoms with van der Waals surface area (Å²) in [5, 5.41) is 12.5. The number of aromatic nitrogens is 3. The Morgan fingerprint density at radius 2 is 1.90 bits per heavy atom. The van der Waals surface area contributed by atoms with Gasteiger partial charge < -0.3 is 25.8 Å². The summed E-state index contributed by atoms with van der Waals surface area (Å²) in [5.41, 5.74) is 9.83. The average Bonchev–Trinajstić information content (AvgIpc) is 3.37. The van der Waals surface area contributed by atoms with Crippen molar-refractivity contribution in [3.63, 3.8) is 0 Å². The number of hydrogen-bond acceptors (Lipinski definition) is 7. The van der Waals surface area contributed by atoms with Gasteiger partial charge in [-0.1, -0.05) is 24.3 Å². The molecule has 5 rings (SSSR count). The number of nitrogen functional groups attached to an aromatic ring is 1. The highest BCUT2D eigenvalue weighted by atomic mass is 19.1. The number of halogens is 1. The molecule has 0 aliphatic carbocycles. The molecule has 1 atom stereocenters. The topological polar surface area (TPSA) is 135 Å². The summed E-state index contributed by atoms with van der Waals surface area (Å²) in [6.07, 6.45) is 2.09. The fourth-order valence-corrected chi connectivity index (χ4v) is 5.12. The molecular weight excluding hydrogens is 515 g/mol. The van der Waals surface area contributed by atoms with Crippen LogP contribution in [-0.4, -0.2) is 62.5 Å². The maximum Gasteiger partial charge on any atom is 0.255 e. The second kappa shape index (κ2) is 11.3. The van der Waals surface area contributed by atoms with Crippen LogP contribution in [0.4, 0.5) is 10.3 Å². The van der Waals surface area contributed by atoms with Gasteiger partial charge in [0.05, 0.1) is 23.9 Å². The molecule has 208 valence electrons. The second-order valence-electron chi connectivity index (χ2n) is 9.84. The van der Waals surface area contributed by atoms with Gasteiger partial charge in [0, 0.05) is 37.3 Å². The van der Waals surface area contributed by atoms with Crippen LogP contribution in [0.5, 0.6) is 5.75 Å². The van der Waals surface area contributed by atoms with E-state index >= 15 is 0 Å². The maximum absolute atomic E-state index is 13.7. The van der Waals surface area contributed by atoms with Crippen molar-refractivity contribution in [2.45, 2.75) is 38.3 Å². The van der Waals surface area contributed by atoms with Crippen molar-refractivity contribution in [3.8, 4) is 17.1 Å². The van der Waals surface area contributed by atoms with Crippen LogP contribution >= 0.6 is 0 Å². The number of benzene rings is 2. The van der Waals surface area contributed by atoms with Crippen molar-refractivity contribution in [1.82, 2.24) is 24.6 Å². The summed E-state index contributed by atoms with van der Waals surface area (Å²) in [6, 6.07) is 13.3. The molecule has 0 spiro atoms. The van der Waals surface area contributed by atoms with E-state index in [4.69, 9.17) is 15.5 Å². The first-order valence-corrected chi connectivity index (χ1v) is 13.1. The highest BCUT2D eigenvalue weighted by Crippen LogP contribution is 2.34. The van der Waals surface area contributed by atoms with Gasteiger partial charge in [-0.15, -0.1) is 0 Å². The Morgan fingerprint density at radius 3 is 2.58 bits per heavy atom. The molecule has 0 bridgehead atoms. The third kappa shape index (κ3) is 5.32. The quantitative estimate of drug-likeness (QED) is 0.324. The fraction of sp³-hybridized carbons (Fsp3) is 0.310. The van der Waals surface area contributed by atoms with Gasteiger partial charge in [-0.05, 0) is 49.6 Å². The second-order valence-corrected chi connectivity index (χ2v) is 9.84. The van der Waals surface area contributed by atoms with Gasteiger partial charge in [-0.3, -0.25) is 14.0 Å². The van der Waals surface area contributed by atoms with Crippen LogP contribution < -0.4 is 15.8 Å². The van der Waals surface area contributed by atoms with Gasteiger partial charge in [-0.2, -0.15) is 0 Å². The molecule has 1 fully saturated rings. The highest BCUT2D eigenvalue weighted by Gasteiger charge is 2.29. The van der Waals surface area contributed by atoms with Crippen molar-refractivity contribution >= 4 is 23.3 Å². The number of imidazole rings is 1. The third-order valence-electron chi connectivity index (χ3n) is 7.23. The molecule has 10 nitrogen and oxygen atoms in total. The summed E-state index contributed by atoms with van der Waals surface area (Å²) in [7, 11) is 1.43. The number of piperidine rings is 1. The number of aliphatic hydroxyl groups excluding tert-OH is 1. The number of likely N-dealkylation sites (tertiary alicyclic amines) is 1. The van der Waals surface area contributed by atoms with E-state index in [0.29, 0.717) is 30.6 Å². The van der Waals surface area contributed by atoms with Crippen LogP contribution in [0.15, 0.2) is 54.7 Å². The van der Waals surface area contributed by atoms with Gasteiger partial charge in [0.1, 0.15) is 23.5 Å². The Balaban J connectivity index is 1.35. The monoisotopic (exact) mass is 546 g/mol. The first-order chi connectivity index (χ1) is 19.3. The summed E-state index contributed by atoms with van der Waals surface area (Å²) in [6.45, 7) is 2.82. The Morgan fingerprint density at radius 1 is 1.18 bits per heavy atom. The van der Waals surface area contributed by atoms with Crippen LogP contribution in [0.1, 0.15) is 47.3 Å². The smallest absolute Gasteiger partial charge is 0.255 e. The number of nitrogens with zero attached hydrogens (tertiary/aromatic N) is 4. The summed E-state index contributed by atoms with van der Waals surface area (Å²) < 4.78 is 20.7. The van der Waals surface area contributed by atoms with Crippen molar-refractivity contribution in [2.24, 2.45) is 0 Å². The number of nitrogens with one attached hydrogen (secondary N) is 1. The van der Waals surface area contributed by atoms with E-state index in [1.165, 1.54) is 26.2 Å². The molecule has 2 amide bonds. The number of rotatable bonds is 7. The Labute approximate surface area is 230 Å². The zero-order valence-electron chi connectivity index (χ0n) is 22.3. The molecule has 2 aromatic heterocycles. The van der Waals surface area contributed by atoms with Gasteiger partial charge in [0.25, 0.3) is 11.8 Å². The predicted molar refractivity (Wildman–Crippen MR) is 147 cm³/mol. The van der Waals surface area contributed by atoms with E-state index in [1.807, 2.05) is 34.7 Å². The van der Waals surface area contributed by atoms with Crippen LogP contribution in [0.2, 0.25) is 0 Å². The number of hydrogen-bond donors (Lipinski definition) is 3. The molecule has 4 N–H and O–H groups in total. The van der Waals surface area contributed by atoms with Gasteiger partial charge >= 0.3 is 0 Å². The fourth-order valence-electron chi connectivity index (χ4n) is 5.12. The molecule has 1 aliphatic rings. The van der Waals surface area contributed by atoms with Crippen LogP contribution in [-0.2, 0) is 11.3 Å². The summed E-state index contributed by atoms with van der Waals surface area (Å²) in [5.74, 6) is 0.166. The third-order valence-corrected chi connectivity index (χ3v) is 7.23. The molecule has 40 heavy (non-hydrogen) atoms. The minimum absolute atomic E-state index is 0.123. The summed E-state index contributed by atoms with van der Waals surface area (Å²) in [4.78, 5) is 35.8. The zero-order valence-corrected chi connectivity index (χ0v) is 22.3. The van der Waals surface area contributed by atoms with Crippen LogP contribution in [0, 0.1) is 5.82 Å². The summed E-state index contributed by atoms with van der Waals surface area (Å²) >= 11 is 0. The Bertz CT molecular complexity index is 1540. The van der Waals surface area contributed by atoms with E-state index in [0.717, 1.165) is 41.2 Å². The number of carbonyl (C=O) groups excluding carboxylic acids is 2. The Kier molecular flexibility index (Phi) is 7.65. The first kappa shape index (κ1) is 27.1. The Hall–Kier alpha value is -4.51. The standard InChI is InChI=1S/C29H31FN6O4/c1-17(37)28(39)35-13-10-19(11-14-35)25-23-9-12-32-29(31)36(23)26(34-25)20-5-3-18(4-6-20)16-33-27(38)22-15-21(30)7-8-24(22)40-2/h3-9,12,15,17,19,37H,10-11,13-14,16H2,1-2H3,(H2,31,32)(H,33,38)/t17-/m1/s1. The lowest BCUT2D eigenvalue weighted by molar-refractivity contribution is -0.140. The van der Waals surface area contributed by atoms with Crippen LogP contribution in [0.3, 0.4) is 0 Å². The highest BCUT2D eigenvalue weighted by molar-refractivity contribution is 5.96. The number of fused-ring (bicyclic) bond motifs is 1. The molecule has 1 aliphatic heterocycles. The molecular formula is C29H31FN6O4. The molecule has 0 unspecified atom stereocenters. The molecule has 1 saturated heterocycles. The van der Waals surface area contributed by atoms with Gasteiger partial charge in [-0.25, -0.2) is 14.4 Å². The molecule has 11 heteroatoms. The lowest BCUT2D eigenvalue weighted by atomic mass is 9.92. The van der Waals surface area contributed by atoms with Gasteiger partial charge in [0.2, 0.25) is 5.95 Å².